The van der Waals surface area contributed by atoms with Gasteiger partial charge < -0.3 is 0 Å². The molecule has 0 heteroatoms. The van der Waals surface area contributed by atoms with Gasteiger partial charge in [-0.25, -0.2) is 0 Å². The van der Waals surface area contributed by atoms with E-state index in [2.05, 4.69) is 26.0 Å². The van der Waals surface area contributed by atoms with E-state index in [1.165, 1.54) is 32.1 Å². The normalized spacial score (nSPS) is 14.9. The highest BCUT2D eigenvalue weighted by molar-refractivity contribution is 4.88. The molecule has 0 atom stereocenters. The Morgan fingerprint density at radius 3 is 1.56 bits per heavy atom. The summed E-state index contributed by atoms with van der Waals surface area (Å²) in [4.78, 5) is 0. The predicted octanol–water partition coefficient (Wildman–Crippen LogP) is 3.53. The summed E-state index contributed by atoms with van der Waals surface area (Å²) in [5, 5.41) is 0. The van der Waals surface area contributed by atoms with Crippen molar-refractivity contribution in [1.29, 1.82) is 0 Å². The van der Waals surface area contributed by atoms with Gasteiger partial charge in [-0.2, -0.15) is 0 Å². The van der Waals surface area contributed by atoms with E-state index in [0.29, 0.717) is 0 Å². The molecule has 0 saturated carbocycles. The van der Waals surface area contributed by atoms with Crippen LogP contribution in [-0.2, 0) is 0 Å². The van der Waals surface area contributed by atoms with Crippen LogP contribution in [0.5, 0.6) is 0 Å². The molecule has 9 heavy (non-hydrogen) atoms. The molecule has 0 aromatic carbocycles. The van der Waals surface area contributed by atoms with Gasteiger partial charge in [0.15, 0.2) is 0 Å². The molecule has 0 aromatic heterocycles. The zero-order valence-electron chi connectivity index (χ0n) is 6.69. The summed E-state index contributed by atoms with van der Waals surface area (Å²) in [6.07, 6.45) is 11.1. The Kier molecular flexibility index (Phi) is 7.52. The topological polar surface area (TPSA) is 0 Å². The van der Waals surface area contributed by atoms with Crippen molar-refractivity contribution in [3.63, 3.8) is 0 Å². The molecule has 0 saturated heterocycles. The Morgan fingerprint density at radius 1 is 1.00 bits per heavy atom. The first kappa shape index (κ1) is 8.74. The number of allylic oxidation sites excluding steroid dienone is 2. The summed E-state index contributed by atoms with van der Waals surface area (Å²) in [7, 11) is 0. The zero-order chi connectivity index (χ0) is 6.95. The summed E-state index contributed by atoms with van der Waals surface area (Å²) in [6, 6.07) is 0. The fourth-order valence-electron chi connectivity index (χ4n) is 0.589. The van der Waals surface area contributed by atoms with Crippen molar-refractivity contribution in [2.45, 2.75) is 46.0 Å². The van der Waals surface area contributed by atoms with Crippen molar-refractivity contribution in [3.05, 3.63) is 12.2 Å². The van der Waals surface area contributed by atoms with Crippen LogP contribution in [0.2, 0.25) is 0 Å². The minimum Gasteiger partial charge on any atom is -0.0885 e. The van der Waals surface area contributed by atoms with Crippen LogP contribution in [-0.4, -0.2) is 0 Å². The van der Waals surface area contributed by atoms with Crippen LogP contribution in [0, 0.1) is 0 Å². The van der Waals surface area contributed by atoms with Crippen molar-refractivity contribution < 1.29 is 0 Å². The van der Waals surface area contributed by atoms with Crippen LogP contribution in [0.4, 0.5) is 0 Å². The number of unbranched alkanes of at least 4 members (excludes halogenated alkanes) is 1. The molecule has 0 fully saturated rings. The maximum atomic E-state index is 2.24. The molecule has 1 rings (SSSR count). The third kappa shape index (κ3) is 7.74. The van der Waals surface area contributed by atoms with Gasteiger partial charge in [-0.15, -0.1) is 0 Å². The average molecular weight is 126 g/mol. The first-order valence-corrected chi connectivity index (χ1v) is 4.06. The van der Waals surface area contributed by atoms with Gasteiger partial charge in [0.1, 0.15) is 0 Å². The molecular formula is C9H18. The van der Waals surface area contributed by atoms with Crippen LogP contribution in [0.25, 0.3) is 0 Å². The van der Waals surface area contributed by atoms with E-state index in [0.717, 1.165) is 0 Å². The van der Waals surface area contributed by atoms with E-state index >= 15 is 0 Å². The van der Waals surface area contributed by atoms with Gasteiger partial charge in [0, 0.05) is 0 Å². The third-order valence-corrected chi connectivity index (χ3v) is 1.41. The molecular weight excluding hydrogens is 108 g/mol. The summed E-state index contributed by atoms with van der Waals surface area (Å²) >= 11 is 0. The predicted molar refractivity (Wildman–Crippen MR) is 43.6 cm³/mol. The van der Waals surface area contributed by atoms with Gasteiger partial charge in [-0.3, -0.25) is 0 Å². The van der Waals surface area contributed by atoms with Crippen molar-refractivity contribution in [1.82, 2.24) is 0 Å². The van der Waals surface area contributed by atoms with Crippen LogP contribution in [0.15, 0.2) is 12.2 Å². The summed E-state index contributed by atoms with van der Waals surface area (Å²) in [5.74, 6) is 0. The second-order valence-corrected chi connectivity index (χ2v) is 2.40. The highest BCUT2D eigenvalue weighted by Gasteiger charge is 1.84. The molecule has 0 N–H and O–H groups in total. The lowest BCUT2D eigenvalue weighted by atomic mass is 10.4. The maximum absolute atomic E-state index is 2.24. The average Bonchev–Trinajstić information content (AvgIpc) is 2.43. The van der Waals surface area contributed by atoms with Gasteiger partial charge in [0.05, 0.1) is 0 Å². The Bertz CT molecular complexity index is 54.4. The van der Waals surface area contributed by atoms with Crippen LogP contribution in [0.3, 0.4) is 0 Å². The zero-order valence-corrected chi connectivity index (χ0v) is 6.69. The van der Waals surface area contributed by atoms with Crippen molar-refractivity contribution in [3.8, 4) is 0 Å². The fourth-order valence-corrected chi connectivity index (χ4v) is 0.589. The first-order chi connectivity index (χ1) is 4.41. The van der Waals surface area contributed by atoms with E-state index in [1.807, 2.05) is 0 Å². The lowest BCUT2D eigenvalue weighted by Crippen LogP contribution is -1.50. The molecule has 0 spiro atoms. The molecule has 0 aromatic rings. The maximum Gasteiger partial charge on any atom is -0.0348 e. The standard InChI is InChI=1S/C5H8.C4H10/c1-2-4-5-3-1;1-3-4-2/h1-2H,3-5H2;3-4H2,1-2H3. The highest BCUT2D eigenvalue weighted by Crippen LogP contribution is 2.05. The minimum atomic E-state index is 1.32. The van der Waals surface area contributed by atoms with Gasteiger partial charge in [-0.1, -0.05) is 38.8 Å². The first-order valence-electron chi connectivity index (χ1n) is 4.06. The molecule has 0 heterocycles. The second-order valence-electron chi connectivity index (χ2n) is 2.40. The number of hydrogen-bond acceptors (Lipinski definition) is 0. The molecule has 0 nitrogen and oxygen atoms in total. The number of hydrogen-bond donors (Lipinski definition) is 0. The third-order valence-electron chi connectivity index (χ3n) is 1.41. The van der Waals surface area contributed by atoms with E-state index in [4.69, 9.17) is 0 Å². The molecule has 1 aliphatic carbocycles. The lowest BCUT2D eigenvalue weighted by Gasteiger charge is -1.69. The van der Waals surface area contributed by atoms with Crippen molar-refractivity contribution in [2.75, 3.05) is 0 Å². The highest BCUT2D eigenvalue weighted by atomic mass is 13.9. The SMILES string of the molecule is C1=CCCC1.CCCC. The van der Waals surface area contributed by atoms with Gasteiger partial charge in [0.25, 0.3) is 0 Å². The van der Waals surface area contributed by atoms with Crippen molar-refractivity contribution >= 4 is 0 Å². The lowest BCUT2D eigenvalue weighted by molar-refractivity contribution is 0.886. The second kappa shape index (κ2) is 7.74. The van der Waals surface area contributed by atoms with Gasteiger partial charge in [-0.05, 0) is 19.3 Å². The quantitative estimate of drug-likeness (QED) is 0.471. The van der Waals surface area contributed by atoms with E-state index in [1.54, 1.807) is 0 Å². The van der Waals surface area contributed by atoms with Gasteiger partial charge in [0.2, 0.25) is 0 Å². The molecule has 0 unspecified atom stereocenters. The Labute approximate surface area is 59.0 Å². The fraction of sp³-hybridized carbons (Fsp3) is 0.778. The van der Waals surface area contributed by atoms with Crippen LogP contribution < -0.4 is 0 Å². The van der Waals surface area contributed by atoms with E-state index in [-0.39, 0.29) is 0 Å². The smallest absolute Gasteiger partial charge is 0.0348 e. The van der Waals surface area contributed by atoms with Crippen molar-refractivity contribution in [2.24, 2.45) is 0 Å². The van der Waals surface area contributed by atoms with Gasteiger partial charge >= 0.3 is 0 Å². The minimum absolute atomic E-state index is 1.32. The molecule has 0 aliphatic heterocycles. The largest absolute Gasteiger partial charge is 0.0885 e. The van der Waals surface area contributed by atoms with E-state index in [9.17, 15) is 0 Å². The molecule has 0 amide bonds. The monoisotopic (exact) mass is 126 g/mol. The van der Waals surface area contributed by atoms with Crippen LogP contribution >= 0.6 is 0 Å². The molecule has 0 bridgehead atoms. The Balaban J connectivity index is 0.000000148. The summed E-state index contributed by atoms with van der Waals surface area (Å²) in [6.45, 7) is 4.36. The summed E-state index contributed by atoms with van der Waals surface area (Å²) < 4.78 is 0. The molecule has 54 valence electrons. The van der Waals surface area contributed by atoms with E-state index < -0.39 is 0 Å². The Hall–Kier alpha value is -0.260. The molecule has 1 aliphatic rings. The summed E-state index contributed by atoms with van der Waals surface area (Å²) in [5.41, 5.74) is 0. The number of rotatable bonds is 1. The van der Waals surface area contributed by atoms with Crippen LogP contribution in [0.1, 0.15) is 46.0 Å². The molecule has 0 radical (unpaired) electrons. The Morgan fingerprint density at radius 2 is 1.44 bits per heavy atom.